The normalized spacial score (nSPS) is 12.0. The number of imidazole rings is 1. The molecule has 0 saturated carbocycles. The Morgan fingerprint density at radius 2 is 1.70 bits per heavy atom. The van der Waals surface area contributed by atoms with Gasteiger partial charge in [-0.2, -0.15) is 0 Å². The van der Waals surface area contributed by atoms with E-state index in [1.807, 2.05) is 48.5 Å². The average molecular weight is 446 g/mol. The van der Waals surface area contributed by atoms with Crippen LogP contribution in [0.3, 0.4) is 0 Å². The zero-order valence-electron chi connectivity index (χ0n) is 18.5. The van der Waals surface area contributed by atoms with Gasteiger partial charge in [0, 0.05) is 19.9 Å². The summed E-state index contributed by atoms with van der Waals surface area (Å²) in [7, 11) is 1.54. The van der Waals surface area contributed by atoms with Crippen molar-refractivity contribution in [2.45, 2.75) is 38.1 Å². The Morgan fingerprint density at radius 1 is 1.00 bits per heavy atom. The Labute approximate surface area is 190 Å². The van der Waals surface area contributed by atoms with Crippen molar-refractivity contribution in [2.75, 3.05) is 0 Å². The van der Waals surface area contributed by atoms with E-state index in [9.17, 15) is 14.4 Å². The van der Waals surface area contributed by atoms with Gasteiger partial charge in [0.25, 0.3) is 5.56 Å². The maximum atomic E-state index is 12.8. The third kappa shape index (κ3) is 5.46. The standard InChI is InChI=1S/C25H27N5O3/c1-30-23-22(24(32)29-25(30)33)27-20(28-23)15-16-21(31)26-19(18-12-6-3-7-13-18)14-8-11-17-9-4-2-5-10-17/h2-7,9-10,12-13,19H,8,11,14-16H2,1H3,(H,26,31)(H,27,28)(H,29,32,33). The third-order valence-electron chi connectivity index (χ3n) is 5.73. The maximum absolute atomic E-state index is 12.8. The highest BCUT2D eigenvalue weighted by molar-refractivity contribution is 5.77. The predicted molar refractivity (Wildman–Crippen MR) is 127 cm³/mol. The minimum absolute atomic E-state index is 0.0817. The van der Waals surface area contributed by atoms with Gasteiger partial charge in [-0.25, -0.2) is 9.78 Å². The summed E-state index contributed by atoms with van der Waals surface area (Å²) >= 11 is 0. The van der Waals surface area contributed by atoms with Gasteiger partial charge in [0.05, 0.1) is 6.04 Å². The summed E-state index contributed by atoms with van der Waals surface area (Å²) in [5, 5.41) is 3.15. The Balaban J connectivity index is 1.40. The number of aromatic nitrogens is 4. The number of amides is 1. The molecule has 0 bridgehead atoms. The number of carbonyl (C=O) groups is 1. The number of H-pyrrole nitrogens is 2. The van der Waals surface area contributed by atoms with E-state index in [0.717, 1.165) is 24.8 Å². The van der Waals surface area contributed by atoms with Crippen LogP contribution in [0.5, 0.6) is 0 Å². The summed E-state index contributed by atoms with van der Waals surface area (Å²) in [4.78, 5) is 46.0. The van der Waals surface area contributed by atoms with Crippen molar-refractivity contribution in [2.24, 2.45) is 7.05 Å². The van der Waals surface area contributed by atoms with Crippen LogP contribution in [-0.4, -0.2) is 25.4 Å². The molecular weight excluding hydrogens is 418 g/mol. The molecule has 8 heteroatoms. The molecule has 0 aliphatic heterocycles. The quantitative estimate of drug-likeness (QED) is 0.368. The summed E-state index contributed by atoms with van der Waals surface area (Å²) in [6, 6.07) is 20.2. The fourth-order valence-electron chi connectivity index (χ4n) is 3.93. The number of aryl methyl sites for hydroxylation is 3. The van der Waals surface area contributed by atoms with Gasteiger partial charge in [-0.15, -0.1) is 0 Å². The summed E-state index contributed by atoms with van der Waals surface area (Å²) in [6.07, 6.45) is 3.27. The first-order valence-corrected chi connectivity index (χ1v) is 11.1. The largest absolute Gasteiger partial charge is 0.349 e. The molecule has 1 amide bonds. The van der Waals surface area contributed by atoms with E-state index in [2.05, 4.69) is 32.4 Å². The van der Waals surface area contributed by atoms with Crippen molar-refractivity contribution in [3.63, 3.8) is 0 Å². The lowest BCUT2D eigenvalue weighted by Crippen LogP contribution is -2.29. The maximum Gasteiger partial charge on any atom is 0.329 e. The average Bonchev–Trinajstić information content (AvgIpc) is 3.27. The summed E-state index contributed by atoms with van der Waals surface area (Å²) in [5.74, 6) is 0.402. The first kappa shape index (κ1) is 22.3. The summed E-state index contributed by atoms with van der Waals surface area (Å²) in [5.41, 5.74) is 1.83. The summed E-state index contributed by atoms with van der Waals surface area (Å²) < 4.78 is 1.27. The van der Waals surface area contributed by atoms with Gasteiger partial charge in [-0.05, 0) is 30.4 Å². The molecular formula is C25H27N5O3. The molecule has 0 radical (unpaired) electrons. The molecule has 0 spiro atoms. The molecule has 0 aliphatic carbocycles. The molecule has 1 unspecified atom stereocenters. The Hall–Kier alpha value is -3.94. The van der Waals surface area contributed by atoms with Crippen LogP contribution >= 0.6 is 0 Å². The van der Waals surface area contributed by atoms with E-state index in [1.54, 1.807) is 0 Å². The molecule has 2 aromatic heterocycles. The Morgan fingerprint density at radius 3 is 2.42 bits per heavy atom. The predicted octanol–water partition coefficient (Wildman–Crippen LogP) is 2.76. The lowest BCUT2D eigenvalue weighted by molar-refractivity contribution is -0.121. The SMILES string of the molecule is Cn1c(=O)[nH]c(=O)c2[nH]c(CCC(=O)NC(CCCc3ccccc3)c3ccccc3)nc21. The minimum atomic E-state index is -0.524. The highest BCUT2D eigenvalue weighted by Gasteiger charge is 2.16. The van der Waals surface area contributed by atoms with Crippen molar-refractivity contribution in [3.05, 3.63) is 98.5 Å². The fourth-order valence-corrected chi connectivity index (χ4v) is 3.93. The smallest absolute Gasteiger partial charge is 0.329 e. The number of nitrogens with zero attached hydrogens (tertiary/aromatic N) is 2. The van der Waals surface area contributed by atoms with Crippen LogP contribution in [0.15, 0.2) is 70.3 Å². The van der Waals surface area contributed by atoms with Crippen molar-refractivity contribution in [1.29, 1.82) is 0 Å². The molecule has 0 saturated heterocycles. The second-order valence-electron chi connectivity index (χ2n) is 8.11. The van der Waals surface area contributed by atoms with Crippen LogP contribution in [0.1, 0.15) is 42.3 Å². The number of rotatable bonds is 9. The van der Waals surface area contributed by atoms with E-state index >= 15 is 0 Å². The number of aromatic amines is 2. The van der Waals surface area contributed by atoms with Crippen molar-refractivity contribution < 1.29 is 4.79 Å². The second-order valence-corrected chi connectivity index (χ2v) is 8.11. The molecule has 2 aromatic carbocycles. The molecule has 1 atom stereocenters. The van der Waals surface area contributed by atoms with Crippen LogP contribution in [0.2, 0.25) is 0 Å². The van der Waals surface area contributed by atoms with Gasteiger partial charge in [-0.1, -0.05) is 60.7 Å². The molecule has 8 nitrogen and oxygen atoms in total. The van der Waals surface area contributed by atoms with E-state index in [-0.39, 0.29) is 29.5 Å². The fraction of sp³-hybridized carbons (Fsp3) is 0.280. The molecule has 2 heterocycles. The Kier molecular flexibility index (Phi) is 6.83. The van der Waals surface area contributed by atoms with Gasteiger partial charge in [0.1, 0.15) is 11.3 Å². The molecule has 0 aliphatic rings. The zero-order chi connectivity index (χ0) is 23.2. The molecule has 3 N–H and O–H groups in total. The van der Waals surface area contributed by atoms with Crippen LogP contribution < -0.4 is 16.6 Å². The number of benzene rings is 2. The van der Waals surface area contributed by atoms with Gasteiger partial charge < -0.3 is 10.3 Å². The summed E-state index contributed by atoms with van der Waals surface area (Å²) in [6.45, 7) is 0. The molecule has 33 heavy (non-hydrogen) atoms. The van der Waals surface area contributed by atoms with Gasteiger partial charge in [0.15, 0.2) is 5.65 Å². The number of nitrogens with one attached hydrogen (secondary N) is 3. The van der Waals surface area contributed by atoms with Crippen LogP contribution in [-0.2, 0) is 24.7 Å². The van der Waals surface area contributed by atoms with Gasteiger partial charge >= 0.3 is 5.69 Å². The van der Waals surface area contributed by atoms with Crippen LogP contribution in [0.4, 0.5) is 0 Å². The van der Waals surface area contributed by atoms with E-state index in [1.165, 1.54) is 17.2 Å². The van der Waals surface area contributed by atoms with Gasteiger partial charge in [-0.3, -0.25) is 19.1 Å². The number of fused-ring (bicyclic) bond motifs is 1. The Bertz CT molecular complexity index is 1340. The number of hydrogen-bond donors (Lipinski definition) is 3. The van der Waals surface area contributed by atoms with Crippen molar-refractivity contribution in [1.82, 2.24) is 24.8 Å². The second kappa shape index (κ2) is 10.1. The van der Waals surface area contributed by atoms with Crippen molar-refractivity contribution in [3.8, 4) is 0 Å². The number of carbonyl (C=O) groups excluding carboxylic acids is 1. The number of hydrogen-bond acceptors (Lipinski definition) is 4. The van der Waals surface area contributed by atoms with Gasteiger partial charge in [0.2, 0.25) is 5.91 Å². The molecule has 170 valence electrons. The minimum Gasteiger partial charge on any atom is -0.349 e. The van der Waals surface area contributed by atoms with E-state index in [4.69, 9.17) is 0 Å². The van der Waals surface area contributed by atoms with Crippen LogP contribution in [0, 0.1) is 0 Å². The monoisotopic (exact) mass is 445 g/mol. The van der Waals surface area contributed by atoms with Crippen LogP contribution in [0.25, 0.3) is 11.2 Å². The molecule has 4 rings (SSSR count). The zero-order valence-corrected chi connectivity index (χ0v) is 18.5. The third-order valence-corrected chi connectivity index (χ3v) is 5.73. The lowest BCUT2D eigenvalue weighted by atomic mass is 9.98. The molecule has 0 fully saturated rings. The highest BCUT2D eigenvalue weighted by atomic mass is 16.2. The highest BCUT2D eigenvalue weighted by Crippen LogP contribution is 2.20. The first-order chi connectivity index (χ1) is 16.0. The topological polar surface area (TPSA) is 113 Å². The van der Waals surface area contributed by atoms with E-state index in [0.29, 0.717) is 12.2 Å². The lowest BCUT2D eigenvalue weighted by Gasteiger charge is -2.19. The van der Waals surface area contributed by atoms with Crippen molar-refractivity contribution >= 4 is 17.1 Å². The van der Waals surface area contributed by atoms with E-state index < -0.39 is 11.2 Å². The first-order valence-electron chi connectivity index (χ1n) is 11.1. The molecule has 4 aromatic rings.